The van der Waals surface area contributed by atoms with Gasteiger partial charge in [0, 0.05) is 6.54 Å². The molecule has 0 aliphatic rings. The van der Waals surface area contributed by atoms with Gasteiger partial charge in [0.1, 0.15) is 0 Å². The van der Waals surface area contributed by atoms with E-state index in [0.717, 1.165) is 5.57 Å². The van der Waals surface area contributed by atoms with Gasteiger partial charge in [-0.3, -0.25) is 4.57 Å². The highest BCUT2D eigenvalue weighted by Crippen LogP contribution is 2.13. The molecule has 0 bridgehead atoms. The van der Waals surface area contributed by atoms with Crippen molar-refractivity contribution in [3.05, 3.63) is 34.5 Å². The second-order valence-electron chi connectivity index (χ2n) is 3.63. The summed E-state index contributed by atoms with van der Waals surface area (Å²) in [6.45, 7) is 10.4. The summed E-state index contributed by atoms with van der Waals surface area (Å²) in [5, 5.41) is 6.39. The third-order valence-electron chi connectivity index (χ3n) is 2.30. The van der Waals surface area contributed by atoms with Crippen LogP contribution in [0.2, 0.25) is 0 Å². The van der Waals surface area contributed by atoms with Gasteiger partial charge in [-0.2, -0.15) is 5.10 Å². The number of nitrogens with zero attached hydrogens (tertiary/aromatic N) is 2. The Morgan fingerprint density at radius 1 is 1.67 bits per heavy atom. The van der Waals surface area contributed by atoms with Crippen molar-refractivity contribution < 1.29 is 0 Å². The van der Waals surface area contributed by atoms with Gasteiger partial charge >= 0.3 is 5.69 Å². The Hall–Kier alpha value is -1.58. The van der Waals surface area contributed by atoms with Crippen molar-refractivity contribution in [2.45, 2.75) is 27.3 Å². The Balaban J connectivity index is 3.16. The zero-order valence-corrected chi connectivity index (χ0v) is 9.45. The summed E-state index contributed by atoms with van der Waals surface area (Å²) in [6.07, 6.45) is 3.68. The van der Waals surface area contributed by atoms with E-state index in [9.17, 15) is 4.79 Å². The average Bonchev–Trinajstić information content (AvgIpc) is 2.54. The zero-order valence-electron chi connectivity index (χ0n) is 9.45. The monoisotopic (exact) mass is 207 g/mol. The SMILES string of the molecule is C=C/C(=C\c1n[nH]c(=O)n1CC)C(C)C. The molecule has 0 fully saturated rings. The lowest BCUT2D eigenvalue weighted by molar-refractivity contribution is 0.719. The molecular formula is C11H17N3O. The van der Waals surface area contributed by atoms with Crippen LogP contribution in [-0.2, 0) is 6.54 Å². The predicted molar refractivity (Wildman–Crippen MR) is 61.5 cm³/mol. The van der Waals surface area contributed by atoms with Crippen LogP contribution in [0.25, 0.3) is 6.08 Å². The summed E-state index contributed by atoms with van der Waals surface area (Å²) in [4.78, 5) is 11.3. The number of allylic oxidation sites excluding steroid dienone is 2. The van der Waals surface area contributed by atoms with Gasteiger partial charge in [0.2, 0.25) is 0 Å². The van der Waals surface area contributed by atoms with Gasteiger partial charge in [-0.05, 0) is 24.5 Å². The maximum atomic E-state index is 11.3. The van der Waals surface area contributed by atoms with E-state index in [4.69, 9.17) is 0 Å². The van der Waals surface area contributed by atoms with E-state index in [0.29, 0.717) is 18.3 Å². The molecule has 0 spiro atoms. The van der Waals surface area contributed by atoms with Gasteiger partial charge in [-0.15, -0.1) is 0 Å². The summed E-state index contributed by atoms with van der Waals surface area (Å²) in [5.41, 5.74) is 0.902. The van der Waals surface area contributed by atoms with Crippen LogP contribution in [0.15, 0.2) is 23.0 Å². The van der Waals surface area contributed by atoms with Crippen LogP contribution in [0.4, 0.5) is 0 Å². The third kappa shape index (κ3) is 2.46. The molecular weight excluding hydrogens is 190 g/mol. The lowest BCUT2D eigenvalue weighted by atomic mass is 10.0. The van der Waals surface area contributed by atoms with Crippen LogP contribution in [0.5, 0.6) is 0 Å². The van der Waals surface area contributed by atoms with Crippen molar-refractivity contribution in [2.24, 2.45) is 5.92 Å². The van der Waals surface area contributed by atoms with Crippen molar-refractivity contribution in [3.63, 3.8) is 0 Å². The summed E-state index contributed by atoms with van der Waals surface area (Å²) in [7, 11) is 0. The molecule has 1 rings (SSSR count). The van der Waals surface area contributed by atoms with Gasteiger partial charge in [-0.25, -0.2) is 9.89 Å². The van der Waals surface area contributed by atoms with Gasteiger partial charge < -0.3 is 0 Å². The van der Waals surface area contributed by atoms with Crippen molar-refractivity contribution in [1.82, 2.24) is 14.8 Å². The first-order valence-electron chi connectivity index (χ1n) is 5.09. The van der Waals surface area contributed by atoms with Crippen molar-refractivity contribution in [1.29, 1.82) is 0 Å². The second kappa shape index (κ2) is 4.77. The minimum absolute atomic E-state index is 0.170. The summed E-state index contributed by atoms with van der Waals surface area (Å²) >= 11 is 0. The molecule has 0 amide bonds. The Morgan fingerprint density at radius 3 is 2.80 bits per heavy atom. The second-order valence-corrected chi connectivity index (χ2v) is 3.63. The van der Waals surface area contributed by atoms with E-state index >= 15 is 0 Å². The Bertz CT molecular complexity index is 423. The van der Waals surface area contributed by atoms with Gasteiger partial charge in [-0.1, -0.05) is 26.5 Å². The molecule has 0 radical (unpaired) electrons. The minimum Gasteiger partial charge on any atom is -0.276 e. The molecule has 0 aliphatic heterocycles. The smallest absolute Gasteiger partial charge is 0.276 e. The van der Waals surface area contributed by atoms with E-state index in [1.54, 1.807) is 10.6 Å². The highest BCUT2D eigenvalue weighted by Gasteiger charge is 2.05. The number of H-pyrrole nitrogens is 1. The summed E-state index contributed by atoms with van der Waals surface area (Å²) in [6, 6.07) is 0. The largest absolute Gasteiger partial charge is 0.343 e. The van der Waals surface area contributed by atoms with Crippen LogP contribution < -0.4 is 5.69 Å². The fourth-order valence-corrected chi connectivity index (χ4v) is 1.36. The fraction of sp³-hybridized carbons (Fsp3) is 0.455. The predicted octanol–water partition coefficient (Wildman–Crippen LogP) is 1.82. The van der Waals surface area contributed by atoms with E-state index in [2.05, 4.69) is 30.6 Å². The van der Waals surface area contributed by atoms with Gasteiger partial charge in [0.05, 0.1) is 0 Å². The highest BCUT2D eigenvalue weighted by molar-refractivity contribution is 5.49. The third-order valence-corrected chi connectivity index (χ3v) is 2.30. The first kappa shape index (κ1) is 11.5. The first-order valence-corrected chi connectivity index (χ1v) is 5.09. The molecule has 1 aromatic heterocycles. The molecule has 0 saturated carbocycles. The molecule has 82 valence electrons. The Morgan fingerprint density at radius 2 is 2.33 bits per heavy atom. The molecule has 15 heavy (non-hydrogen) atoms. The van der Waals surface area contributed by atoms with E-state index in [1.165, 1.54) is 0 Å². The molecule has 0 aliphatic carbocycles. The van der Waals surface area contributed by atoms with Crippen LogP contribution in [0.1, 0.15) is 26.6 Å². The number of hydrogen-bond donors (Lipinski definition) is 1. The number of rotatable bonds is 4. The fourth-order valence-electron chi connectivity index (χ4n) is 1.36. The van der Waals surface area contributed by atoms with Crippen LogP contribution >= 0.6 is 0 Å². The van der Waals surface area contributed by atoms with Crippen molar-refractivity contribution in [2.75, 3.05) is 0 Å². The molecule has 4 nitrogen and oxygen atoms in total. The van der Waals surface area contributed by atoms with Crippen LogP contribution in [0.3, 0.4) is 0 Å². The van der Waals surface area contributed by atoms with Crippen molar-refractivity contribution in [3.8, 4) is 0 Å². The molecule has 4 heteroatoms. The minimum atomic E-state index is -0.170. The highest BCUT2D eigenvalue weighted by atomic mass is 16.1. The topological polar surface area (TPSA) is 50.7 Å². The van der Waals surface area contributed by atoms with E-state index in [1.807, 2.05) is 13.0 Å². The Kier molecular flexibility index (Phi) is 3.66. The van der Waals surface area contributed by atoms with Crippen LogP contribution in [0, 0.1) is 5.92 Å². The number of aromatic nitrogens is 3. The van der Waals surface area contributed by atoms with Gasteiger partial charge in [0.15, 0.2) is 5.82 Å². The average molecular weight is 207 g/mol. The molecule has 0 unspecified atom stereocenters. The van der Waals surface area contributed by atoms with E-state index in [-0.39, 0.29) is 5.69 Å². The van der Waals surface area contributed by atoms with Crippen LogP contribution in [-0.4, -0.2) is 14.8 Å². The zero-order chi connectivity index (χ0) is 11.4. The molecule has 1 heterocycles. The number of hydrogen-bond acceptors (Lipinski definition) is 2. The summed E-state index contributed by atoms with van der Waals surface area (Å²) < 4.78 is 1.59. The first-order chi connectivity index (χ1) is 7.10. The number of aromatic amines is 1. The van der Waals surface area contributed by atoms with E-state index < -0.39 is 0 Å². The molecule has 0 atom stereocenters. The quantitative estimate of drug-likeness (QED) is 0.765. The summed E-state index contributed by atoms with van der Waals surface area (Å²) in [5.74, 6) is 1.03. The molecule has 1 N–H and O–H groups in total. The lowest BCUT2D eigenvalue weighted by Crippen LogP contribution is -2.16. The van der Waals surface area contributed by atoms with Gasteiger partial charge in [0.25, 0.3) is 0 Å². The van der Waals surface area contributed by atoms with Crippen molar-refractivity contribution >= 4 is 6.08 Å². The molecule has 0 saturated heterocycles. The maximum Gasteiger partial charge on any atom is 0.343 e. The number of nitrogens with one attached hydrogen (secondary N) is 1. The lowest BCUT2D eigenvalue weighted by Gasteiger charge is -2.05. The normalized spacial score (nSPS) is 12.1. The standard InChI is InChI=1S/C11H17N3O/c1-5-9(8(3)4)7-10-12-13-11(15)14(10)6-2/h5,7-8H,1,6H2,2-4H3,(H,13,15)/b9-7+. The molecule has 0 aromatic carbocycles. The maximum absolute atomic E-state index is 11.3. The Labute approximate surface area is 89.3 Å². The molecule has 1 aromatic rings.